The second-order valence-corrected chi connectivity index (χ2v) is 5.40. The van der Waals surface area contributed by atoms with Crippen molar-refractivity contribution >= 4 is 28.5 Å². The summed E-state index contributed by atoms with van der Waals surface area (Å²) in [5.41, 5.74) is 3.22. The van der Waals surface area contributed by atoms with Gasteiger partial charge in [0.05, 0.1) is 11.8 Å². The minimum atomic E-state index is -0.962. The SMILES string of the molecule is O=C(O)c1ccc(Nc2nc(-c3ccccc3)nc3cn[nH]c23)cc1. The van der Waals surface area contributed by atoms with Crippen molar-refractivity contribution in [3.8, 4) is 11.4 Å². The van der Waals surface area contributed by atoms with Gasteiger partial charge in [0.2, 0.25) is 0 Å². The fourth-order valence-electron chi connectivity index (χ4n) is 2.48. The molecule has 7 heteroatoms. The lowest BCUT2D eigenvalue weighted by Crippen LogP contribution is -2.00. The lowest BCUT2D eigenvalue weighted by atomic mass is 10.2. The zero-order valence-electron chi connectivity index (χ0n) is 13.0. The summed E-state index contributed by atoms with van der Waals surface area (Å²) in [6.07, 6.45) is 1.64. The molecule has 7 nitrogen and oxygen atoms in total. The molecule has 0 unspecified atom stereocenters. The normalized spacial score (nSPS) is 10.7. The molecule has 0 saturated heterocycles. The van der Waals surface area contributed by atoms with Gasteiger partial charge in [0, 0.05) is 11.3 Å². The van der Waals surface area contributed by atoms with Crippen LogP contribution in [0.1, 0.15) is 10.4 Å². The summed E-state index contributed by atoms with van der Waals surface area (Å²) in [5.74, 6) is 0.194. The molecule has 0 aliphatic rings. The van der Waals surface area contributed by atoms with E-state index in [9.17, 15) is 4.79 Å². The molecular weight excluding hydrogens is 318 g/mol. The Morgan fingerprint density at radius 1 is 1.00 bits per heavy atom. The molecule has 0 aliphatic carbocycles. The predicted molar refractivity (Wildman–Crippen MR) is 93.8 cm³/mol. The maximum absolute atomic E-state index is 11.0. The van der Waals surface area contributed by atoms with Crippen molar-refractivity contribution in [3.63, 3.8) is 0 Å². The highest BCUT2D eigenvalue weighted by Gasteiger charge is 2.11. The van der Waals surface area contributed by atoms with Crippen LogP contribution in [-0.4, -0.2) is 31.2 Å². The first kappa shape index (κ1) is 14.8. The highest BCUT2D eigenvalue weighted by Crippen LogP contribution is 2.25. The Hall–Kier alpha value is -3.74. The number of carboxylic acids is 1. The van der Waals surface area contributed by atoms with E-state index in [1.807, 2.05) is 30.3 Å². The van der Waals surface area contributed by atoms with Crippen LogP contribution in [0.5, 0.6) is 0 Å². The average molecular weight is 331 g/mol. The van der Waals surface area contributed by atoms with Crippen LogP contribution < -0.4 is 5.32 Å². The van der Waals surface area contributed by atoms with E-state index >= 15 is 0 Å². The summed E-state index contributed by atoms with van der Waals surface area (Å²) in [5, 5.41) is 19.1. The Balaban J connectivity index is 1.75. The van der Waals surface area contributed by atoms with E-state index in [-0.39, 0.29) is 5.56 Å². The number of H-pyrrole nitrogens is 1. The fraction of sp³-hybridized carbons (Fsp3) is 0. The minimum absolute atomic E-state index is 0.227. The van der Waals surface area contributed by atoms with Crippen molar-refractivity contribution in [2.45, 2.75) is 0 Å². The topological polar surface area (TPSA) is 104 Å². The van der Waals surface area contributed by atoms with Crippen molar-refractivity contribution in [1.29, 1.82) is 0 Å². The molecule has 0 amide bonds. The summed E-state index contributed by atoms with van der Waals surface area (Å²) in [4.78, 5) is 20.1. The molecule has 0 spiro atoms. The van der Waals surface area contributed by atoms with Crippen LogP contribution in [-0.2, 0) is 0 Å². The number of aromatic amines is 1. The average Bonchev–Trinajstić information content (AvgIpc) is 3.12. The number of fused-ring (bicyclic) bond motifs is 1. The molecule has 0 atom stereocenters. The number of aromatic carboxylic acids is 1. The molecule has 0 bridgehead atoms. The quantitative estimate of drug-likeness (QED) is 0.529. The predicted octanol–water partition coefficient (Wildman–Crippen LogP) is 3.46. The van der Waals surface area contributed by atoms with Gasteiger partial charge in [-0.25, -0.2) is 14.8 Å². The third-order valence-electron chi connectivity index (χ3n) is 3.73. The molecule has 0 aliphatic heterocycles. The van der Waals surface area contributed by atoms with Gasteiger partial charge in [0.1, 0.15) is 11.0 Å². The highest BCUT2D eigenvalue weighted by molar-refractivity contribution is 5.90. The lowest BCUT2D eigenvalue weighted by Gasteiger charge is -2.09. The number of anilines is 2. The summed E-state index contributed by atoms with van der Waals surface area (Å²) in [7, 11) is 0. The Bertz CT molecular complexity index is 1040. The van der Waals surface area contributed by atoms with E-state index in [1.54, 1.807) is 18.3 Å². The zero-order valence-corrected chi connectivity index (χ0v) is 13.0. The van der Waals surface area contributed by atoms with Crippen LogP contribution in [0.15, 0.2) is 60.8 Å². The van der Waals surface area contributed by atoms with Crippen molar-refractivity contribution in [1.82, 2.24) is 20.2 Å². The van der Waals surface area contributed by atoms with Crippen molar-refractivity contribution in [2.75, 3.05) is 5.32 Å². The van der Waals surface area contributed by atoms with Crippen LogP contribution in [0.25, 0.3) is 22.4 Å². The van der Waals surface area contributed by atoms with Gasteiger partial charge in [-0.15, -0.1) is 0 Å². The first-order valence-electron chi connectivity index (χ1n) is 7.57. The van der Waals surface area contributed by atoms with E-state index in [4.69, 9.17) is 5.11 Å². The van der Waals surface area contributed by atoms with Crippen LogP contribution >= 0.6 is 0 Å². The summed E-state index contributed by atoms with van der Waals surface area (Å²) < 4.78 is 0. The first-order chi connectivity index (χ1) is 12.2. The third-order valence-corrected chi connectivity index (χ3v) is 3.73. The van der Waals surface area contributed by atoms with Crippen LogP contribution in [0.3, 0.4) is 0 Å². The molecule has 2 aromatic carbocycles. The van der Waals surface area contributed by atoms with E-state index in [0.717, 1.165) is 11.3 Å². The van der Waals surface area contributed by atoms with Gasteiger partial charge in [0.25, 0.3) is 0 Å². The number of nitrogens with zero attached hydrogens (tertiary/aromatic N) is 3. The molecule has 4 rings (SSSR count). The van der Waals surface area contributed by atoms with E-state index in [1.165, 1.54) is 12.1 Å². The van der Waals surface area contributed by atoms with E-state index in [2.05, 4.69) is 25.5 Å². The van der Waals surface area contributed by atoms with Gasteiger partial charge in [0.15, 0.2) is 11.6 Å². The van der Waals surface area contributed by atoms with Gasteiger partial charge < -0.3 is 10.4 Å². The second kappa shape index (κ2) is 6.04. The smallest absolute Gasteiger partial charge is 0.335 e. The van der Waals surface area contributed by atoms with Crippen molar-refractivity contribution < 1.29 is 9.90 Å². The van der Waals surface area contributed by atoms with Crippen LogP contribution in [0.4, 0.5) is 11.5 Å². The Kier molecular flexibility index (Phi) is 3.59. The monoisotopic (exact) mass is 331 g/mol. The number of carbonyl (C=O) groups is 1. The molecule has 2 aromatic heterocycles. The van der Waals surface area contributed by atoms with Crippen molar-refractivity contribution in [3.05, 3.63) is 66.4 Å². The molecule has 3 N–H and O–H groups in total. The van der Waals surface area contributed by atoms with Gasteiger partial charge in [-0.05, 0) is 24.3 Å². The summed E-state index contributed by atoms with van der Waals surface area (Å²) in [6, 6.07) is 16.1. The number of aromatic nitrogens is 4. The van der Waals surface area contributed by atoms with Gasteiger partial charge in [-0.1, -0.05) is 30.3 Å². The third kappa shape index (κ3) is 2.90. The fourth-order valence-corrected chi connectivity index (χ4v) is 2.48. The molecule has 0 fully saturated rings. The summed E-state index contributed by atoms with van der Waals surface area (Å²) in [6.45, 7) is 0. The lowest BCUT2D eigenvalue weighted by molar-refractivity contribution is 0.0697. The number of carboxylic acid groups (broad SMARTS) is 1. The van der Waals surface area contributed by atoms with Crippen molar-refractivity contribution in [2.24, 2.45) is 0 Å². The number of hydrogen-bond acceptors (Lipinski definition) is 5. The Labute approximate surface area is 142 Å². The molecule has 0 radical (unpaired) electrons. The second-order valence-electron chi connectivity index (χ2n) is 5.40. The van der Waals surface area contributed by atoms with E-state index < -0.39 is 5.97 Å². The summed E-state index contributed by atoms with van der Waals surface area (Å²) >= 11 is 0. The Morgan fingerprint density at radius 2 is 1.76 bits per heavy atom. The molecule has 4 aromatic rings. The van der Waals surface area contributed by atoms with Crippen LogP contribution in [0, 0.1) is 0 Å². The highest BCUT2D eigenvalue weighted by atomic mass is 16.4. The molecule has 0 saturated carbocycles. The maximum atomic E-state index is 11.0. The standard InChI is InChI=1S/C18H13N5O2/c24-18(25)12-6-8-13(9-7-12)20-17-15-14(10-19-23-15)21-16(22-17)11-4-2-1-3-5-11/h1-10H,(H,19,23)(H,24,25)(H,20,21,22). The molecule has 2 heterocycles. The number of hydrogen-bond donors (Lipinski definition) is 3. The largest absolute Gasteiger partial charge is 0.478 e. The molecular formula is C18H13N5O2. The number of nitrogens with one attached hydrogen (secondary N) is 2. The van der Waals surface area contributed by atoms with Gasteiger partial charge in [-0.3, -0.25) is 5.10 Å². The molecule has 122 valence electrons. The van der Waals surface area contributed by atoms with Crippen LogP contribution in [0.2, 0.25) is 0 Å². The van der Waals surface area contributed by atoms with Gasteiger partial charge in [-0.2, -0.15) is 5.10 Å². The van der Waals surface area contributed by atoms with Gasteiger partial charge >= 0.3 is 5.97 Å². The number of benzene rings is 2. The van der Waals surface area contributed by atoms with E-state index in [0.29, 0.717) is 22.7 Å². The Morgan fingerprint density at radius 3 is 2.48 bits per heavy atom. The molecule has 25 heavy (non-hydrogen) atoms. The minimum Gasteiger partial charge on any atom is -0.478 e. The number of rotatable bonds is 4. The zero-order chi connectivity index (χ0) is 17.2. The maximum Gasteiger partial charge on any atom is 0.335 e. The first-order valence-corrected chi connectivity index (χ1v) is 7.57.